The van der Waals surface area contributed by atoms with Crippen LogP contribution >= 0.6 is 0 Å². The molecular weight excluding hydrogens is 188 g/mol. The van der Waals surface area contributed by atoms with Crippen LogP contribution in [0.1, 0.15) is 32.6 Å². The van der Waals surface area contributed by atoms with Crippen molar-refractivity contribution in [1.82, 2.24) is 5.01 Å². The first kappa shape index (κ1) is 11.4. The SMILES string of the molecule is CC1CCCCCN1[N+]1(C)CCOCC1. The van der Waals surface area contributed by atoms with Crippen LogP contribution in [0.4, 0.5) is 0 Å². The summed E-state index contributed by atoms with van der Waals surface area (Å²) < 4.78 is 6.59. The zero-order valence-corrected chi connectivity index (χ0v) is 10.2. The van der Waals surface area contributed by atoms with Crippen molar-refractivity contribution in [3.05, 3.63) is 0 Å². The Morgan fingerprint density at radius 1 is 1.13 bits per heavy atom. The van der Waals surface area contributed by atoms with Gasteiger partial charge in [-0.25, -0.2) is 4.59 Å². The van der Waals surface area contributed by atoms with Gasteiger partial charge in [-0.1, -0.05) is 12.8 Å². The molecule has 88 valence electrons. The maximum atomic E-state index is 5.48. The third-order valence-electron chi connectivity index (χ3n) is 4.07. The second-order valence-corrected chi connectivity index (χ2v) is 5.26. The highest BCUT2D eigenvalue weighted by atomic mass is 16.5. The molecule has 15 heavy (non-hydrogen) atoms. The van der Waals surface area contributed by atoms with E-state index in [0.29, 0.717) is 0 Å². The largest absolute Gasteiger partial charge is 0.370 e. The maximum Gasteiger partial charge on any atom is 0.120 e. The van der Waals surface area contributed by atoms with Crippen LogP contribution in [-0.4, -0.2) is 55.5 Å². The van der Waals surface area contributed by atoms with Gasteiger partial charge >= 0.3 is 0 Å². The Morgan fingerprint density at radius 3 is 2.60 bits per heavy atom. The van der Waals surface area contributed by atoms with Crippen LogP contribution in [-0.2, 0) is 4.74 Å². The van der Waals surface area contributed by atoms with Crippen LogP contribution in [0.2, 0.25) is 0 Å². The molecule has 2 fully saturated rings. The van der Waals surface area contributed by atoms with Crippen molar-refractivity contribution in [2.24, 2.45) is 0 Å². The van der Waals surface area contributed by atoms with E-state index in [9.17, 15) is 0 Å². The van der Waals surface area contributed by atoms with E-state index in [0.717, 1.165) is 36.9 Å². The summed E-state index contributed by atoms with van der Waals surface area (Å²) in [4.78, 5) is 0. The van der Waals surface area contributed by atoms with Gasteiger partial charge in [0.2, 0.25) is 0 Å². The van der Waals surface area contributed by atoms with Gasteiger partial charge in [0.05, 0.1) is 26.3 Å². The zero-order valence-electron chi connectivity index (χ0n) is 10.2. The highest BCUT2D eigenvalue weighted by Gasteiger charge is 2.36. The van der Waals surface area contributed by atoms with Crippen molar-refractivity contribution in [3.63, 3.8) is 0 Å². The number of quaternary nitrogens is 1. The molecule has 2 heterocycles. The Hall–Kier alpha value is -0.120. The van der Waals surface area contributed by atoms with Gasteiger partial charge in [0, 0.05) is 6.54 Å². The minimum Gasteiger partial charge on any atom is -0.370 e. The molecule has 3 nitrogen and oxygen atoms in total. The number of nitrogens with zero attached hydrogens (tertiary/aromatic N) is 2. The lowest BCUT2D eigenvalue weighted by atomic mass is 10.1. The standard InChI is InChI=1S/C12H25N2O/c1-12-6-4-3-5-7-13(12)14(2)8-10-15-11-9-14/h12H,3-11H2,1-2H3/q+1. The third-order valence-corrected chi connectivity index (χ3v) is 4.07. The van der Waals surface area contributed by atoms with Gasteiger partial charge in [0.15, 0.2) is 0 Å². The Labute approximate surface area is 93.6 Å². The average molecular weight is 213 g/mol. The summed E-state index contributed by atoms with van der Waals surface area (Å²) in [6.07, 6.45) is 5.57. The third kappa shape index (κ3) is 2.52. The van der Waals surface area contributed by atoms with Gasteiger partial charge in [0.1, 0.15) is 13.1 Å². The van der Waals surface area contributed by atoms with Crippen LogP contribution in [0.15, 0.2) is 0 Å². The lowest BCUT2D eigenvalue weighted by molar-refractivity contribution is -1.03. The molecule has 3 heteroatoms. The zero-order chi connectivity index (χ0) is 10.7. The van der Waals surface area contributed by atoms with Crippen LogP contribution in [0.3, 0.4) is 0 Å². The average Bonchev–Trinajstić information content (AvgIpc) is 2.44. The van der Waals surface area contributed by atoms with Crippen molar-refractivity contribution in [3.8, 4) is 0 Å². The number of morpholine rings is 1. The summed E-state index contributed by atoms with van der Waals surface area (Å²) in [5, 5.41) is 2.70. The predicted octanol–water partition coefficient (Wildman–Crippen LogP) is 1.64. The first-order chi connectivity index (χ1) is 7.22. The van der Waals surface area contributed by atoms with Crippen molar-refractivity contribution in [1.29, 1.82) is 0 Å². The van der Waals surface area contributed by atoms with Gasteiger partial charge < -0.3 is 4.74 Å². The fourth-order valence-electron chi connectivity index (χ4n) is 2.97. The predicted molar refractivity (Wildman–Crippen MR) is 61.4 cm³/mol. The van der Waals surface area contributed by atoms with Crippen molar-refractivity contribution < 1.29 is 9.33 Å². The van der Waals surface area contributed by atoms with E-state index in [4.69, 9.17) is 4.74 Å². The second kappa shape index (κ2) is 4.81. The number of hydrogen-bond donors (Lipinski definition) is 0. The van der Waals surface area contributed by atoms with Crippen molar-refractivity contribution in [2.45, 2.75) is 38.6 Å². The lowest BCUT2D eigenvalue weighted by Crippen LogP contribution is -2.64. The fourth-order valence-corrected chi connectivity index (χ4v) is 2.97. The number of ether oxygens (including phenoxy) is 1. The molecule has 0 N–H and O–H groups in total. The minimum atomic E-state index is 0.746. The van der Waals surface area contributed by atoms with Crippen molar-refractivity contribution in [2.75, 3.05) is 39.9 Å². The molecule has 0 spiro atoms. The van der Waals surface area contributed by atoms with E-state index >= 15 is 0 Å². The first-order valence-electron chi connectivity index (χ1n) is 6.42. The molecule has 2 rings (SSSR count). The molecule has 1 atom stereocenters. The van der Waals surface area contributed by atoms with Gasteiger partial charge in [-0.2, -0.15) is 5.01 Å². The normalized spacial score (nSPS) is 33.6. The smallest absolute Gasteiger partial charge is 0.120 e. The van der Waals surface area contributed by atoms with Crippen LogP contribution in [0.5, 0.6) is 0 Å². The van der Waals surface area contributed by atoms with Gasteiger partial charge in [-0.05, 0) is 19.8 Å². The Morgan fingerprint density at radius 2 is 1.87 bits per heavy atom. The van der Waals surface area contributed by atoms with E-state index in [1.165, 1.54) is 32.2 Å². The second-order valence-electron chi connectivity index (χ2n) is 5.26. The maximum absolute atomic E-state index is 5.48. The summed E-state index contributed by atoms with van der Waals surface area (Å²) in [5.74, 6) is 0. The van der Waals surface area contributed by atoms with E-state index in [2.05, 4.69) is 19.0 Å². The molecule has 2 aliphatic heterocycles. The first-order valence-corrected chi connectivity index (χ1v) is 6.42. The van der Waals surface area contributed by atoms with E-state index in [1.54, 1.807) is 0 Å². The molecular formula is C12H25N2O+. The quantitative estimate of drug-likeness (QED) is 0.614. The molecule has 0 aromatic heterocycles. The molecule has 0 bridgehead atoms. The molecule has 2 aliphatic rings. The Bertz CT molecular complexity index is 202. The fraction of sp³-hybridized carbons (Fsp3) is 1.00. The molecule has 2 saturated heterocycles. The molecule has 0 amide bonds. The topological polar surface area (TPSA) is 12.5 Å². The molecule has 0 radical (unpaired) electrons. The van der Waals surface area contributed by atoms with Crippen LogP contribution < -0.4 is 0 Å². The summed E-state index contributed by atoms with van der Waals surface area (Å²) in [6, 6.07) is 0.746. The number of hydrogen-bond acceptors (Lipinski definition) is 2. The van der Waals surface area contributed by atoms with Gasteiger partial charge in [-0.15, -0.1) is 0 Å². The van der Waals surface area contributed by atoms with Gasteiger partial charge in [-0.3, -0.25) is 0 Å². The summed E-state index contributed by atoms with van der Waals surface area (Å²) in [5.41, 5.74) is 0. The highest BCUT2D eigenvalue weighted by Crippen LogP contribution is 2.23. The summed E-state index contributed by atoms with van der Waals surface area (Å²) >= 11 is 0. The highest BCUT2D eigenvalue weighted by molar-refractivity contribution is 4.66. The van der Waals surface area contributed by atoms with Crippen LogP contribution in [0, 0.1) is 0 Å². The minimum absolute atomic E-state index is 0.746. The molecule has 0 saturated carbocycles. The lowest BCUT2D eigenvalue weighted by Gasteiger charge is -2.47. The van der Waals surface area contributed by atoms with Gasteiger partial charge in [0.25, 0.3) is 0 Å². The molecule has 1 unspecified atom stereocenters. The Balaban J connectivity index is 2.04. The Kier molecular flexibility index (Phi) is 3.65. The van der Waals surface area contributed by atoms with E-state index in [-0.39, 0.29) is 0 Å². The molecule has 0 aromatic carbocycles. The van der Waals surface area contributed by atoms with Crippen LogP contribution in [0.25, 0.3) is 0 Å². The molecule has 0 aromatic rings. The number of rotatable bonds is 1. The summed E-state index contributed by atoms with van der Waals surface area (Å²) in [6.45, 7) is 7.84. The van der Waals surface area contributed by atoms with Crippen molar-refractivity contribution >= 4 is 0 Å². The monoisotopic (exact) mass is 213 g/mol. The van der Waals surface area contributed by atoms with E-state index < -0.39 is 0 Å². The summed E-state index contributed by atoms with van der Waals surface area (Å²) in [7, 11) is 2.38. The number of likely N-dealkylation sites (N-methyl/N-ethyl adjacent to an activating group) is 1. The molecule has 0 aliphatic carbocycles. The van der Waals surface area contributed by atoms with E-state index in [1.807, 2.05) is 0 Å².